The van der Waals surface area contributed by atoms with E-state index in [4.69, 9.17) is 4.74 Å². The summed E-state index contributed by atoms with van der Waals surface area (Å²) in [7, 11) is 0. The number of ether oxygens (including phenoxy) is 1. The van der Waals surface area contributed by atoms with Gasteiger partial charge in [-0.05, 0) is 38.3 Å². The number of amides is 2. The number of thioether (sulfide) groups is 1. The number of carbonyl (C=O) groups is 3. The lowest BCUT2D eigenvalue weighted by Gasteiger charge is -2.34. The van der Waals surface area contributed by atoms with Crippen LogP contribution in [0.25, 0.3) is 11.0 Å². The van der Waals surface area contributed by atoms with Crippen molar-refractivity contribution in [1.29, 1.82) is 0 Å². The van der Waals surface area contributed by atoms with Crippen LogP contribution in [0.15, 0.2) is 24.3 Å². The summed E-state index contributed by atoms with van der Waals surface area (Å²) in [5, 5.41) is 20.5. The minimum Gasteiger partial charge on any atom is -0.466 e. The van der Waals surface area contributed by atoms with Gasteiger partial charge in [0.1, 0.15) is 18.2 Å². The SMILES string of the molecule is CCOC(=O)[C@@H]1[C@H]2C(=O)N(CCCO)C(C(=O)NCn3nnc4ccccc43)C23CC[C@H]1S3. The number of aromatic nitrogens is 3. The van der Waals surface area contributed by atoms with Crippen molar-refractivity contribution in [3.63, 3.8) is 0 Å². The number of hydrogen-bond donors (Lipinski definition) is 2. The normalized spacial score (nSPS) is 30.1. The Morgan fingerprint density at radius 2 is 2.18 bits per heavy atom. The van der Waals surface area contributed by atoms with Crippen LogP contribution in [0.3, 0.4) is 0 Å². The Kier molecular flexibility index (Phi) is 5.77. The molecule has 4 heterocycles. The Hall–Kier alpha value is -2.66. The van der Waals surface area contributed by atoms with Crippen molar-refractivity contribution in [3.05, 3.63) is 24.3 Å². The van der Waals surface area contributed by atoms with Crippen molar-refractivity contribution in [2.75, 3.05) is 19.8 Å². The van der Waals surface area contributed by atoms with Gasteiger partial charge in [-0.15, -0.1) is 16.9 Å². The quantitative estimate of drug-likeness (QED) is 0.532. The minimum atomic E-state index is -0.717. The zero-order valence-corrected chi connectivity index (χ0v) is 19.2. The molecule has 1 aromatic heterocycles. The molecule has 0 radical (unpaired) electrons. The van der Waals surface area contributed by atoms with Crippen molar-refractivity contribution in [1.82, 2.24) is 25.2 Å². The molecule has 3 aliphatic rings. The number of aliphatic hydroxyl groups is 1. The fraction of sp³-hybridized carbons (Fsp3) is 0.591. The fourth-order valence-electron chi connectivity index (χ4n) is 5.73. The summed E-state index contributed by atoms with van der Waals surface area (Å²) >= 11 is 1.59. The first kappa shape index (κ1) is 22.1. The van der Waals surface area contributed by atoms with E-state index in [1.165, 1.54) is 0 Å². The van der Waals surface area contributed by atoms with Crippen LogP contribution in [-0.4, -0.2) is 78.6 Å². The molecule has 2 aromatic rings. The van der Waals surface area contributed by atoms with E-state index in [1.54, 1.807) is 28.3 Å². The van der Waals surface area contributed by atoms with E-state index in [9.17, 15) is 19.5 Å². The highest BCUT2D eigenvalue weighted by atomic mass is 32.2. The van der Waals surface area contributed by atoms with E-state index in [0.717, 1.165) is 17.5 Å². The Balaban J connectivity index is 1.42. The highest BCUT2D eigenvalue weighted by molar-refractivity contribution is 8.02. The predicted octanol–water partition coefficient (Wildman–Crippen LogP) is 0.542. The summed E-state index contributed by atoms with van der Waals surface area (Å²) in [6.07, 6.45) is 1.82. The van der Waals surface area contributed by atoms with Crippen LogP contribution in [0.4, 0.5) is 0 Å². The topological polar surface area (TPSA) is 127 Å². The molecule has 33 heavy (non-hydrogen) atoms. The lowest BCUT2D eigenvalue weighted by Crippen LogP contribution is -2.53. The monoisotopic (exact) mass is 473 g/mol. The van der Waals surface area contributed by atoms with E-state index in [1.807, 2.05) is 24.3 Å². The number of nitrogens with one attached hydrogen (secondary N) is 1. The van der Waals surface area contributed by atoms with Gasteiger partial charge in [0.25, 0.3) is 0 Å². The molecular weight excluding hydrogens is 446 g/mol. The highest BCUT2D eigenvalue weighted by Gasteiger charge is 2.73. The van der Waals surface area contributed by atoms with Gasteiger partial charge in [-0.3, -0.25) is 14.4 Å². The summed E-state index contributed by atoms with van der Waals surface area (Å²) in [5.41, 5.74) is 1.53. The third-order valence-electron chi connectivity index (χ3n) is 6.99. The van der Waals surface area contributed by atoms with Gasteiger partial charge >= 0.3 is 5.97 Å². The van der Waals surface area contributed by atoms with E-state index >= 15 is 0 Å². The smallest absolute Gasteiger partial charge is 0.310 e. The number of likely N-dealkylation sites (tertiary alicyclic amines) is 1. The van der Waals surface area contributed by atoms with Gasteiger partial charge in [0.15, 0.2) is 0 Å². The van der Waals surface area contributed by atoms with Gasteiger partial charge in [-0.1, -0.05) is 17.3 Å². The molecule has 2 bridgehead atoms. The average Bonchev–Trinajstić information content (AvgIpc) is 3.55. The number of fused-ring (bicyclic) bond motifs is 2. The number of carbonyl (C=O) groups excluding carboxylic acids is 3. The first-order valence-corrected chi connectivity index (χ1v) is 12.2. The van der Waals surface area contributed by atoms with Crippen molar-refractivity contribution in [2.24, 2.45) is 11.8 Å². The lowest BCUT2D eigenvalue weighted by molar-refractivity contribution is -0.153. The van der Waals surface area contributed by atoms with Crippen LogP contribution in [0.1, 0.15) is 26.2 Å². The first-order chi connectivity index (χ1) is 16.0. The fourth-order valence-corrected chi connectivity index (χ4v) is 7.93. The van der Waals surface area contributed by atoms with Crippen molar-refractivity contribution >= 4 is 40.6 Å². The first-order valence-electron chi connectivity index (χ1n) is 11.3. The Bertz CT molecular complexity index is 1090. The van der Waals surface area contributed by atoms with Crippen LogP contribution in [-0.2, 0) is 25.8 Å². The molecule has 3 saturated heterocycles. The third-order valence-corrected chi connectivity index (χ3v) is 8.94. The molecule has 11 heteroatoms. The largest absolute Gasteiger partial charge is 0.466 e. The van der Waals surface area contributed by atoms with Gasteiger partial charge in [0, 0.05) is 18.4 Å². The second-order valence-corrected chi connectivity index (χ2v) is 10.3. The number of para-hydroxylation sites is 1. The molecular formula is C22H27N5O5S. The van der Waals surface area contributed by atoms with E-state index in [-0.39, 0.29) is 49.5 Å². The number of esters is 1. The van der Waals surface area contributed by atoms with Crippen molar-refractivity contribution in [2.45, 2.75) is 48.9 Å². The van der Waals surface area contributed by atoms with E-state index in [0.29, 0.717) is 12.8 Å². The molecule has 0 aliphatic carbocycles. The molecule has 1 aromatic carbocycles. The van der Waals surface area contributed by atoms with Crippen molar-refractivity contribution < 1.29 is 24.2 Å². The third kappa shape index (κ3) is 3.40. The summed E-state index contributed by atoms with van der Waals surface area (Å²) in [5.74, 6) is -1.94. The highest BCUT2D eigenvalue weighted by Crippen LogP contribution is 2.66. The number of hydrogen-bond acceptors (Lipinski definition) is 8. The summed E-state index contributed by atoms with van der Waals surface area (Å²) < 4.78 is 6.24. The average molecular weight is 474 g/mol. The molecule has 10 nitrogen and oxygen atoms in total. The second-order valence-electron chi connectivity index (χ2n) is 8.69. The van der Waals surface area contributed by atoms with Gasteiger partial charge in [-0.2, -0.15) is 0 Å². The van der Waals surface area contributed by atoms with Crippen LogP contribution in [0.5, 0.6) is 0 Å². The van der Waals surface area contributed by atoms with Gasteiger partial charge < -0.3 is 20.1 Å². The van der Waals surface area contributed by atoms with Crippen LogP contribution in [0, 0.1) is 11.8 Å². The molecule has 1 spiro atoms. The maximum Gasteiger partial charge on any atom is 0.310 e. The van der Waals surface area contributed by atoms with Crippen LogP contribution in [0.2, 0.25) is 0 Å². The molecule has 0 saturated carbocycles. The molecule has 2 amide bonds. The molecule has 5 atom stereocenters. The number of aliphatic hydroxyl groups excluding tert-OH is 1. The van der Waals surface area contributed by atoms with Crippen molar-refractivity contribution in [3.8, 4) is 0 Å². The number of benzene rings is 1. The molecule has 2 unspecified atom stereocenters. The molecule has 2 N–H and O–H groups in total. The minimum absolute atomic E-state index is 0.0208. The Morgan fingerprint density at radius 3 is 2.97 bits per heavy atom. The van der Waals surface area contributed by atoms with Crippen LogP contribution < -0.4 is 5.32 Å². The van der Waals surface area contributed by atoms with Gasteiger partial charge in [-0.25, -0.2) is 4.68 Å². The zero-order chi connectivity index (χ0) is 23.2. The van der Waals surface area contributed by atoms with Crippen LogP contribution >= 0.6 is 11.8 Å². The maximum absolute atomic E-state index is 13.6. The Labute approximate surface area is 195 Å². The molecule has 176 valence electrons. The second kappa shape index (κ2) is 8.60. The number of nitrogens with zero attached hydrogens (tertiary/aromatic N) is 4. The Morgan fingerprint density at radius 1 is 1.36 bits per heavy atom. The summed E-state index contributed by atoms with van der Waals surface area (Å²) in [6.45, 7) is 2.30. The lowest BCUT2D eigenvalue weighted by atomic mass is 9.71. The summed E-state index contributed by atoms with van der Waals surface area (Å²) in [4.78, 5) is 41.4. The molecule has 3 fully saturated rings. The predicted molar refractivity (Wildman–Crippen MR) is 120 cm³/mol. The maximum atomic E-state index is 13.6. The number of rotatable bonds is 8. The van der Waals surface area contributed by atoms with E-state index < -0.39 is 22.6 Å². The van der Waals surface area contributed by atoms with E-state index in [2.05, 4.69) is 15.6 Å². The zero-order valence-electron chi connectivity index (χ0n) is 18.3. The van der Waals surface area contributed by atoms with Gasteiger partial charge in [0.2, 0.25) is 11.8 Å². The summed E-state index contributed by atoms with van der Waals surface area (Å²) in [6, 6.07) is 6.76. The molecule has 3 aliphatic heterocycles. The standard InChI is InChI=1S/C22H27N5O5S/c1-2-32-21(31)16-15-8-9-22(33-15)17(16)20(30)26(10-5-11-28)18(22)19(29)23-12-27-14-7-4-3-6-13(14)24-25-27/h3-4,6-7,15-18,28H,2,5,8-12H2,1H3,(H,23,29)/t15-,16+,17+,18?,22?/m1/s1. The molecule has 5 rings (SSSR count). The van der Waals surface area contributed by atoms with Gasteiger partial charge in [0.05, 0.1) is 28.7 Å².